The second-order valence-corrected chi connectivity index (χ2v) is 7.44. The average Bonchev–Trinajstić information content (AvgIpc) is 3.07. The van der Waals surface area contributed by atoms with Crippen LogP contribution in [0.1, 0.15) is 41.5 Å². The van der Waals surface area contributed by atoms with Gasteiger partial charge in [0.1, 0.15) is 5.75 Å². The third kappa shape index (κ3) is 5.30. The minimum Gasteiger partial charge on any atom is -0.493 e. The van der Waals surface area contributed by atoms with Crippen molar-refractivity contribution in [2.24, 2.45) is 0 Å². The van der Waals surface area contributed by atoms with Gasteiger partial charge in [0.15, 0.2) is 5.69 Å². The number of amides is 1. The van der Waals surface area contributed by atoms with E-state index in [9.17, 15) is 4.79 Å². The standard InChI is InChI=1S/C20H30N6O2/c1-15-19(23-24-26(15)17-8-10-21-11-9-17)20(27)22-16-6-4-7-18(14-16)28-13-5-12-25(2)3/h4,6-7,14,17,21H,5,8-13H2,1-3H3,(H,22,27). The Labute approximate surface area is 166 Å². The van der Waals surface area contributed by atoms with Crippen LogP contribution >= 0.6 is 0 Å². The van der Waals surface area contributed by atoms with E-state index >= 15 is 0 Å². The molecule has 28 heavy (non-hydrogen) atoms. The quantitative estimate of drug-likeness (QED) is 0.676. The Bertz CT molecular complexity index is 783. The van der Waals surface area contributed by atoms with Crippen molar-refractivity contribution in [1.82, 2.24) is 25.2 Å². The van der Waals surface area contributed by atoms with Crippen LogP contribution in [0.3, 0.4) is 0 Å². The van der Waals surface area contributed by atoms with Gasteiger partial charge in [-0.05, 0) is 65.5 Å². The lowest BCUT2D eigenvalue weighted by Crippen LogP contribution is -2.30. The van der Waals surface area contributed by atoms with Crippen LogP contribution in [-0.4, -0.2) is 66.1 Å². The summed E-state index contributed by atoms with van der Waals surface area (Å²) in [6.45, 7) is 5.45. The molecule has 1 amide bonds. The zero-order valence-electron chi connectivity index (χ0n) is 16.9. The van der Waals surface area contributed by atoms with Crippen molar-refractivity contribution in [1.29, 1.82) is 0 Å². The fraction of sp³-hybridized carbons (Fsp3) is 0.550. The number of piperidine rings is 1. The van der Waals surface area contributed by atoms with Crippen LogP contribution in [-0.2, 0) is 0 Å². The van der Waals surface area contributed by atoms with Crippen molar-refractivity contribution in [2.75, 3.05) is 45.7 Å². The third-order valence-corrected chi connectivity index (χ3v) is 4.91. The molecule has 1 aromatic heterocycles. The summed E-state index contributed by atoms with van der Waals surface area (Å²) in [6, 6.07) is 7.74. The molecular formula is C20H30N6O2. The summed E-state index contributed by atoms with van der Waals surface area (Å²) < 4.78 is 7.66. The van der Waals surface area contributed by atoms with Crippen LogP contribution in [0.25, 0.3) is 0 Å². The highest BCUT2D eigenvalue weighted by Gasteiger charge is 2.23. The molecule has 1 aliphatic rings. The Morgan fingerprint density at radius 3 is 2.89 bits per heavy atom. The molecule has 0 unspecified atom stereocenters. The van der Waals surface area contributed by atoms with E-state index in [1.807, 2.05) is 50.0 Å². The Morgan fingerprint density at radius 2 is 2.14 bits per heavy atom. The number of anilines is 1. The Hall–Kier alpha value is -2.45. The summed E-state index contributed by atoms with van der Waals surface area (Å²) in [5.41, 5.74) is 1.86. The van der Waals surface area contributed by atoms with Gasteiger partial charge in [0.05, 0.1) is 18.3 Å². The van der Waals surface area contributed by atoms with Crippen LogP contribution in [0.15, 0.2) is 24.3 Å². The predicted octanol–water partition coefficient (Wildman–Crippen LogP) is 2.09. The minimum absolute atomic E-state index is 0.248. The van der Waals surface area contributed by atoms with Gasteiger partial charge >= 0.3 is 0 Å². The van der Waals surface area contributed by atoms with Crippen LogP contribution in [0.2, 0.25) is 0 Å². The average molecular weight is 387 g/mol. The lowest BCUT2D eigenvalue weighted by atomic mass is 10.1. The van der Waals surface area contributed by atoms with E-state index in [0.29, 0.717) is 24.0 Å². The normalized spacial score (nSPS) is 15.0. The Kier molecular flexibility index (Phi) is 7.00. The molecule has 2 aromatic rings. The molecule has 3 rings (SSSR count). The number of aromatic nitrogens is 3. The summed E-state index contributed by atoms with van der Waals surface area (Å²) in [7, 11) is 4.08. The summed E-state index contributed by atoms with van der Waals surface area (Å²) in [5.74, 6) is 0.495. The number of ether oxygens (including phenoxy) is 1. The van der Waals surface area contributed by atoms with Crippen molar-refractivity contribution in [3.63, 3.8) is 0 Å². The number of nitrogens with one attached hydrogen (secondary N) is 2. The van der Waals surface area contributed by atoms with Gasteiger partial charge in [0, 0.05) is 18.3 Å². The number of carbonyl (C=O) groups excluding carboxylic acids is 1. The molecular weight excluding hydrogens is 356 g/mol. The molecule has 0 spiro atoms. The molecule has 2 heterocycles. The van der Waals surface area contributed by atoms with E-state index in [2.05, 4.69) is 25.8 Å². The first-order valence-corrected chi connectivity index (χ1v) is 9.86. The number of nitrogens with zero attached hydrogens (tertiary/aromatic N) is 4. The fourth-order valence-electron chi connectivity index (χ4n) is 3.37. The zero-order valence-corrected chi connectivity index (χ0v) is 16.9. The summed E-state index contributed by atoms with van der Waals surface area (Å²) >= 11 is 0. The molecule has 0 radical (unpaired) electrons. The predicted molar refractivity (Wildman–Crippen MR) is 109 cm³/mol. The first-order chi connectivity index (χ1) is 13.5. The van der Waals surface area contributed by atoms with Crippen molar-refractivity contribution < 1.29 is 9.53 Å². The van der Waals surface area contributed by atoms with Crippen molar-refractivity contribution in [3.05, 3.63) is 35.7 Å². The van der Waals surface area contributed by atoms with Gasteiger partial charge in [-0.1, -0.05) is 11.3 Å². The SMILES string of the molecule is Cc1c(C(=O)Nc2cccc(OCCCN(C)C)c2)nnn1C1CCNCC1. The van der Waals surface area contributed by atoms with Crippen LogP contribution in [0, 0.1) is 6.92 Å². The maximum atomic E-state index is 12.7. The second kappa shape index (κ2) is 9.66. The molecule has 8 heteroatoms. The molecule has 0 saturated carbocycles. The molecule has 1 aliphatic heterocycles. The minimum atomic E-state index is -0.248. The lowest BCUT2D eigenvalue weighted by Gasteiger charge is -2.23. The molecule has 1 aromatic carbocycles. The number of hydrogen-bond acceptors (Lipinski definition) is 6. The second-order valence-electron chi connectivity index (χ2n) is 7.44. The molecule has 1 fully saturated rings. The highest BCUT2D eigenvalue weighted by molar-refractivity contribution is 6.03. The molecule has 0 atom stereocenters. The van der Waals surface area contributed by atoms with Gasteiger partial charge in [-0.3, -0.25) is 4.79 Å². The van der Waals surface area contributed by atoms with E-state index in [1.165, 1.54) is 0 Å². The summed E-state index contributed by atoms with van der Waals surface area (Å²) in [5, 5.41) is 14.6. The third-order valence-electron chi connectivity index (χ3n) is 4.91. The maximum absolute atomic E-state index is 12.7. The molecule has 8 nitrogen and oxygen atoms in total. The van der Waals surface area contributed by atoms with E-state index in [0.717, 1.165) is 50.3 Å². The number of hydrogen-bond donors (Lipinski definition) is 2. The number of rotatable bonds is 8. The summed E-state index contributed by atoms with van der Waals surface area (Å²) in [4.78, 5) is 14.8. The van der Waals surface area contributed by atoms with Crippen molar-refractivity contribution >= 4 is 11.6 Å². The highest BCUT2D eigenvalue weighted by Crippen LogP contribution is 2.22. The van der Waals surface area contributed by atoms with E-state index < -0.39 is 0 Å². The highest BCUT2D eigenvalue weighted by atomic mass is 16.5. The first-order valence-electron chi connectivity index (χ1n) is 9.86. The van der Waals surface area contributed by atoms with E-state index in [4.69, 9.17) is 4.74 Å². The monoisotopic (exact) mass is 386 g/mol. The fourth-order valence-corrected chi connectivity index (χ4v) is 3.37. The topological polar surface area (TPSA) is 84.3 Å². The van der Waals surface area contributed by atoms with Crippen molar-refractivity contribution in [3.8, 4) is 5.75 Å². The Morgan fingerprint density at radius 1 is 1.36 bits per heavy atom. The first kappa shape index (κ1) is 20.3. The van der Waals surface area contributed by atoms with Crippen LogP contribution in [0.4, 0.5) is 5.69 Å². The van der Waals surface area contributed by atoms with Gasteiger partial charge < -0.3 is 20.3 Å². The zero-order chi connectivity index (χ0) is 19.9. The largest absolute Gasteiger partial charge is 0.493 e. The van der Waals surface area contributed by atoms with Crippen LogP contribution in [0.5, 0.6) is 5.75 Å². The molecule has 1 saturated heterocycles. The smallest absolute Gasteiger partial charge is 0.278 e. The molecule has 0 aliphatic carbocycles. The number of benzene rings is 1. The number of carbonyl (C=O) groups is 1. The maximum Gasteiger partial charge on any atom is 0.278 e. The Balaban J connectivity index is 1.60. The van der Waals surface area contributed by atoms with Gasteiger partial charge in [0.25, 0.3) is 5.91 Å². The van der Waals surface area contributed by atoms with Gasteiger partial charge in [-0.2, -0.15) is 0 Å². The molecule has 152 valence electrons. The van der Waals surface area contributed by atoms with Crippen LogP contribution < -0.4 is 15.4 Å². The van der Waals surface area contributed by atoms with Gasteiger partial charge in [-0.15, -0.1) is 5.10 Å². The van der Waals surface area contributed by atoms with Gasteiger partial charge in [0.2, 0.25) is 0 Å². The lowest BCUT2D eigenvalue weighted by molar-refractivity contribution is 0.102. The molecule has 0 bridgehead atoms. The van der Waals surface area contributed by atoms with E-state index in [-0.39, 0.29) is 5.91 Å². The molecule has 2 N–H and O–H groups in total. The van der Waals surface area contributed by atoms with E-state index in [1.54, 1.807) is 0 Å². The van der Waals surface area contributed by atoms with Gasteiger partial charge in [-0.25, -0.2) is 4.68 Å². The summed E-state index contributed by atoms with van der Waals surface area (Å²) in [6.07, 6.45) is 2.94. The van der Waals surface area contributed by atoms with Crippen molar-refractivity contribution in [2.45, 2.75) is 32.2 Å².